The molecule has 0 aliphatic heterocycles. The summed E-state index contributed by atoms with van der Waals surface area (Å²) in [5.74, 6) is 4.54. The summed E-state index contributed by atoms with van der Waals surface area (Å²) >= 11 is 1.16. The van der Waals surface area contributed by atoms with Crippen LogP contribution in [0.1, 0.15) is 20.8 Å². The molecule has 0 saturated carbocycles. The SMILES string of the molecule is NNC(=O)c1sccc1Cn1cc(C(F)(F)F)cn1. The van der Waals surface area contributed by atoms with Crippen LogP contribution in [0.15, 0.2) is 23.8 Å². The van der Waals surface area contributed by atoms with Crippen molar-refractivity contribution in [3.63, 3.8) is 0 Å². The Balaban J connectivity index is 2.20. The number of nitrogens with two attached hydrogens (primary N) is 1. The molecule has 1 amide bonds. The zero-order valence-corrected chi connectivity index (χ0v) is 10.3. The maximum Gasteiger partial charge on any atom is 0.419 e. The molecule has 0 unspecified atom stereocenters. The van der Waals surface area contributed by atoms with Gasteiger partial charge in [-0.25, -0.2) is 5.84 Å². The molecule has 0 radical (unpaired) electrons. The van der Waals surface area contributed by atoms with Crippen molar-refractivity contribution in [2.45, 2.75) is 12.7 Å². The number of carbonyl (C=O) groups excluding carboxylic acids is 1. The lowest BCUT2D eigenvalue weighted by Crippen LogP contribution is -2.30. The number of halogens is 3. The number of hydrazine groups is 1. The molecule has 0 aliphatic carbocycles. The largest absolute Gasteiger partial charge is 0.419 e. The Morgan fingerprint density at radius 3 is 2.84 bits per heavy atom. The van der Waals surface area contributed by atoms with Crippen LogP contribution in [0.25, 0.3) is 0 Å². The monoisotopic (exact) mass is 290 g/mol. The first kappa shape index (κ1) is 13.6. The number of nitrogen functional groups attached to an aromatic ring is 1. The summed E-state index contributed by atoms with van der Waals surface area (Å²) in [6.07, 6.45) is -2.79. The highest BCUT2D eigenvalue weighted by atomic mass is 32.1. The van der Waals surface area contributed by atoms with Gasteiger partial charge in [0.25, 0.3) is 5.91 Å². The van der Waals surface area contributed by atoms with Crippen LogP contribution in [0, 0.1) is 0 Å². The van der Waals surface area contributed by atoms with Gasteiger partial charge in [-0.05, 0) is 17.0 Å². The van der Waals surface area contributed by atoms with Gasteiger partial charge in [-0.1, -0.05) is 0 Å². The van der Waals surface area contributed by atoms with Crippen molar-refractivity contribution >= 4 is 17.2 Å². The molecule has 2 aromatic rings. The lowest BCUT2D eigenvalue weighted by atomic mass is 10.2. The van der Waals surface area contributed by atoms with Gasteiger partial charge in [0.05, 0.1) is 23.2 Å². The standard InChI is InChI=1S/C10H9F3N4OS/c11-10(12,13)7-3-15-17(5-7)4-6-1-2-19-8(6)9(18)16-14/h1-3,5H,4,14H2,(H,16,18). The quantitative estimate of drug-likeness (QED) is 0.512. The van der Waals surface area contributed by atoms with Crippen LogP contribution >= 0.6 is 11.3 Å². The van der Waals surface area contributed by atoms with E-state index in [1.54, 1.807) is 11.4 Å². The van der Waals surface area contributed by atoms with Crippen LogP contribution in [0.5, 0.6) is 0 Å². The van der Waals surface area contributed by atoms with Crippen molar-refractivity contribution in [3.8, 4) is 0 Å². The maximum absolute atomic E-state index is 12.4. The lowest BCUT2D eigenvalue weighted by molar-refractivity contribution is -0.137. The van der Waals surface area contributed by atoms with Crippen molar-refractivity contribution in [2.75, 3.05) is 0 Å². The average molecular weight is 290 g/mol. The minimum Gasteiger partial charge on any atom is -0.289 e. The minimum atomic E-state index is -4.43. The molecular formula is C10H9F3N4OS. The fourth-order valence-corrected chi connectivity index (χ4v) is 2.31. The van der Waals surface area contributed by atoms with Crippen LogP contribution in [0.2, 0.25) is 0 Å². The Labute approximate surface area is 109 Å². The summed E-state index contributed by atoms with van der Waals surface area (Å²) in [7, 11) is 0. The first-order valence-corrected chi connectivity index (χ1v) is 5.96. The number of hydrogen-bond acceptors (Lipinski definition) is 4. The fourth-order valence-electron chi connectivity index (χ4n) is 1.50. The number of alkyl halides is 3. The van der Waals surface area contributed by atoms with E-state index >= 15 is 0 Å². The molecule has 0 spiro atoms. The number of thiophene rings is 1. The molecule has 2 aromatic heterocycles. The van der Waals surface area contributed by atoms with E-state index in [1.165, 1.54) is 0 Å². The van der Waals surface area contributed by atoms with Gasteiger partial charge in [0.1, 0.15) is 0 Å². The van der Waals surface area contributed by atoms with E-state index in [0.29, 0.717) is 10.4 Å². The molecular weight excluding hydrogens is 281 g/mol. The van der Waals surface area contributed by atoms with Gasteiger partial charge in [0.2, 0.25) is 0 Å². The summed E-state index contributed by atoms with van der Waals surface area (Å²) in [5, 5.41) is 5.28. The Bertz CT molecular complexity index is 590. The number of rotatable bonds is 3. The fraction of sp³-hybridized carbons (Fsp3) is 0.200. The number of hydrogen-bond donors (Lipinski definition) is 2. The van der Waals surface area contributed by atoms with Crippen molar-refractivity contribution in [1.82, 2.24) is 15.2 Å². The number of aromatic nitrogens is 2. The molecule has 0 atom stereocenters. The summed E-state index contributed by atoms with van der Waals surface area (Å²) in [6, 6.07) is 1.64. The van der Waals surface area contributed by atoms with Crippen LogP contribution < -0.4 is 11.3 Å². The van der Waals surface area contributed by atoms with Crippen molar-refractivity contribution in [1.29, 1.82) is 0 Å². The Morgan fingerprint density at radius 2 is 2.26 bits per heavy atom. The predicted molar refractivity (Wildman–Crippen MR) is 62.3 cm³/mol. The highest BCUT2D eigenvalue weighted by molar-refractivity contribution is 7.12. The van der Waals surface area contributed by atoms with Crippen molar-refractivity contribution < 1.29 is 18.0 Å². The summed E-state index contributed by atoms with van der Waals surface area (Å²) < 4.78 is 38.4. The van der Waals surface area contributed by atoms with Gasteiger partial charge < -0.3 is 0 Å². The van der Waals surface area contributed by atoms with E-state index in [4.69, 9.17) is 5.84 Å². The van der Waals surface area contributed by atoms with Crippen LogP contribution in [0.3, 0.4) is 0 Å². The van der Waals surface area contributed by atoms with Gasteiger partial charge in [-0.15, -0.1) is 11.3 Å². The molecule has 2 heterocycles. The average Bonchev–Trinajstić information content (AvgIpc) is 2.97. The Hall–Kier alpha value is -1.87. The zero-order chi connectivity index (χ0) is 14.0. The predicted octanol–water partition coefficient (Wildman–Crippen LogP) is 1.62. The number of amides is 1. The van der Waals surface area contributed by atoms with E-state index in [0.717, 1.165) is 28.4 Å². The molecule has 0 aliphatic rings. The summed E-state index contributed by atoms with van der Waals surface area (Å²) in [6.45, 7) is 0.0718. The van der Waals surface area contributed by atoms with E-state index in [1.807, 2.05) is 5.43 Å². The molecule has 0 saturated heterocycles. The van der Waals surface area contributed by atoms with Crippen molar-refractivity contribution in [2.24, 2.45) is 5.84 Å². The zero-order valence-electron chi connectivity index (χ0n) is 9.44. The normalized spacial score (nSPS) is 11.6. The molecule has 19 heavy (non-hydrogen) atoms. The Morgan fingerprint density at radius 1 is 1.53 bits per heavy atom. The summed E-state index contributed by atoms with van der Waals surface area (Å²) in [5.41, 5.74) is 1.72. The third kappa shape index (κ3) is 2.93. The second-order valence-electron chi connectivity index (χ2n) is 3.67. The van der Waals surface area contributed by atoms with E-state index in [-0.39, 0.29) is 6.54 Å². The van der Waals surface area contributed by atoms with Gasteiger partial charge >= 0.3 is 6.18 Å². The van der Waals surface area contributed by atoms with Crippen LogP contribution in [-0.4, -0.2) is 15.7 Å². The molecule has 0 fully saturated rings. The highest BCUT2D eigenvalue weighted by Gasteiger charge is 2.32. The molecule has 9 heteroatoms. The minimum absolute atomic E-state index is 0.0718. The molecule has 0 bridgehead atoms. The second kappa shape index (κ2) is 5.02. The van der Waals surface area contributed by atoms with Gasteiger partial charge in [-0.3, -0.25) is 14.9 Å². The molecule has 102 valence electrons. The third-order valence-electron chi connectivity index (χ3n) is 2.38. The molecule has 2 rings (SSSR count). The Kier molecular flexibility index (Phi) is 3.58. The molecule has 0 aromatic carbocycles. The highest BCUT2D eigenvalue weighted by Crippen LogP contribution is 2.28. The van der Waals surface area contributed by atoms with E-state index in [2.05, 4.69) is 5.10 Å². The van der Waals surface area contributed by atoms with Gasteiger partial charge in [-0.2, -0.15) is 18.3 Å². The van der Waals surface area contributed by atoms with Crippen LogP contribution in [-0.2, 0) is 12.7 Å². The van der Waals surface area contributed by atoms with Gasteiger partial charge in [0.15, 0.2) is 0 Å². The number of nitrogens with one attached hydrogen (secondary N) is 1. The number of nitrogens with zero attached hydrogens (tertiary/aromatic N) is 2. The lowest BCUT2D eigenvalue weighted by Gasteiger charge is -2.03. The van der Waals surface area contributed by atoms with E-state index < -0.39 is 17.6 Å². The first-order valence-electron chi connectivity index (χ1n) is 5.09. The first-order chi connectivity index (χ1) is 8.91. The number of carbonyl (C=O) groups is 1. The van der Waals surface area contributed by atoms with Crippen molar-refractivity contribution in [3.05, 3.63) is 39.8 Å². The molecule has 5 nitrogen and oxygen atoms in total. The topological polar surface area (TPSA) is 72.9 Å². The summed E-state index contributed by atoms with van der Waals surface area (Å²) in [4.78, 5) is 11.8. The van der Waals surface area contributed by atoms with Gasteiger partial charge in [0, 0.05) is 6.20 Å². The van der Waals surface area contributed by atoms with E-state index in [9.17, 15) is 18.0 Å². The third-order valence-corrected chi connectivity index (χ3v) is 3.33. The second-order valence-corrected chi connectivity index (χ2v) is 4.59. The van der Waals surface area contributed by atoms with Crippen LogP contribution in [0.4, 0.5) is 13.2 Å². The maximum atomic E-state index is 12.4. The molecule has 3 N–H and O–H groups in total. The smallest absolute Gasteiger partial charge is 0.289 e.